The molecule has 0 bridgehead atoms. The lowest BCUT2D eigenvalue weighted by atomic mass is 9.86. The van der Waals surface area contributed by atoms with Crippen LogP contribution < -0.4 is 0 Å². The molecule has 1 aliphatic carbocycles. The van der Waals surface area contributed by atoms with E-state index in [1.54, 1.807) is 0 Å². The van der Waals surface area contributed by atoms with Crippen molar-refractivity contribution in [2.45, 2.75) is 91.3 Å². The largest absolute Gasteiger partial charge is 0.458 e. The second-order valence-corrected chi connectivity index (χ2v) is 7.01. The van der Waals surface area contributed by atoms with Crippen LogP contribution >= 0.6 is 0 Å². The van der Waals surface area contributed by atoms with Crippen LogP contribution in [-0.4, -0.2) is 24.1 Å². The van der Waals surface area contributed by atoms with E-state index in [1.807, 2.05) is 0 Å². The monoisotopic (exact) mass is 312 g/mol. The summed E-state index contributed by atoms with van der Waals surface area (Å²) in [6.45, 7) is 8.39. The Morgan fingerprint density at radius 2 is 1.68 bits per heavy atom. The minimum absolute atomic E-state index is 0.162. The number of unbranched alkanes of at least 4 members (excludes halogenated alkanes) is 1. The molecule has 0 aromatic carbocycles. The summed E-state index contributed by atoms with van der Waals surface area (Å²) >= 11 is 0. The molecule has 0 amide bonds. The van der Waals surface area contributed by atoms with E-state index in [2.05, 4.69) is 27.7 Å². The van der Waals surface area contributed by atoms with Gasteiger partial charge in [-0.15, -0.1) is 0 Å². The molecule has 1 aliphatic rings. The molecule has 0 N–H and O–H groups in total. The number of carbonyl (C=O) groups is 2. The summed E-state index contributed by atoms with van der Waals surface area (Å²) in [5.74, 6) is 0.668. The van der Waals surface area contributed by atoms with Crippen molar-refractivity contribution in [1.29, 1.82) is 0 Å². The second kappa shape index (κ2) is 9.86. The number of hydrogen-bond donors (Lipinski definition) is 0. The molecule has 1 rings (SSSR count). The minimum atomic E-state index is -0.269. The maximum Gasteiger partial charge on any atom is 0.306 e. The Kier molecular flexibility index (Phi) is 8.51. The van der Waals surface area contributed by atoms with Gasteiger partial charge in [0.1, 0.15) is 12.2 Å². The van der Waals surface area contributed by atoms with E-state index < -0.39 is 0 Å². The highest BCUT2D eigenvalue weighted by molar-refractivity contribution is 5.70. The van der Waals surface area contributed by atoms with Gasteiger partial charge in [0, 0.05) is 12.8 Å². The fourth-order valence-electron chi connectivity index (χ4n) is 2.74. The Bertz CT molecular complexity index is 351. The molecule has 3 unspecified atom stereocenters. The third-order valence-electron chi connectivity index (χ3n) is 4.22. The van der Waals surface area contributed by atoms with Gasteiger partial charge in [-0.3, -0.25) is 9.59 Å². The molecule has 0 saturated heterocycles. The molecule has 22 heavy (non-hydrogen) atoms. The van der Waals surface area contributed by atoms with E-state index >= 15 is 0 Å². The molecule has 4 nitrogen and oxygen atoms in total. The summed E-state index contributed by atoms with van der Waals surface area (Å²) in [6.07, 6.45) is 5.63. The third-order valence-corrected chi connectivity index (χ3v) is 4.22. The summed E-state index contributed by atoms with van der Waals surface area (Å²) in [5, 5.41) is 0. The Hall–Kier alpha value is -1.06. The van der Waals surface area contributed by atoms with Crippen LogP contribution in [0.4, 0.5) is 0 Å². The molecule has 0 radical (unpaired) electrons. The zero-order valence-electron chi connectivity index (χ0n) is 14.6. The number of hydrogen-bond acceptors (Lipinski definition) is 4. The first-order valence-corrected chi connectivity index (χ1v) is 8.81. The van der Waals surface area contributed by atoms with Gasteiger partial charge in [-0.2, -0.15) is 0 Å². The summed E-state index contributed by atoms with van der Waals surface area (Å²) in [5.41, 5.74) is 0. The Balaban J connectivity index is 2.50. The molecule has 4 heteroatoms. The Morgan fingerprint density at radius 1 is 1.05 bits per heavy atom. The van der Waals surface area contributed by atoms with Gasteiger partial charge < -0.3 is 9.47 Å². The van der Waals surface area contributed by atoms with Crippen molar-refractivity contribution in [1.82, 2.24) is 0 Å². The van der Waals surface area contributed by atoms with E-state index in [4.69, 9.17) is 9.47 Å². The molecule has 0 heterocycles. The Morgan fingerprint density at radius 3 is 2.32 bits per heavy atom. The summed E-state index contributed by atoms with van der Waals surface area (Å²) in [4.78, 5) is 23.8. The zero-order chi connectivity index (χ0) is 16.5. The first-order valence-electron chi connectivity index (χ1n) is 8.81. The number of rotatable bonds is 8. The van der Waals surface area contributed by atoms with Crippen LogP contribution in [0.5, 0.6) is 0 Å². The van der Waals surface area contributed by atoms with Crippen molar-refractivity contribution in [3.05, 3.63) is 0 Å². The van der Waals surface area contributed by atoms with Crippen LogP contribution in [0.15, 0.2) is 0 Å². The van der Waals surface area contributed by atoms with Gasteiger partial charge >= 0.3 is 11.9 Å². The van der Waals surface area contributed by atoms with Crippen LogP contribution in [0.1, 0.15) is 79.1 Å². The topological polar surface area (TPSA) is 52.6 Å². The third kappa shape index (κ3) is 7.28. The maximum atomic E-state index is 12.0. The minimum Gasteiger partial charge on any atom is -0.458 e. The number of carbonyl (C=O) groups excluding carboxylic acids is 2. The molecule has 0 aromatic heterocycles. The quantitative estimate of drug-likeness (QED) is 0.628. The van der Waals surface area contributed by atoms with Crippen molar-refractivity contribution in [2.24, 2.45) is 11.8 Å². The van der Waals surface area contributed by atoms with E-state index in [9.17, 15) is 9.59 Å². The highest BCUT2D eigenvalue weighted by Crippen LogP contribution is 2.29. The van der Waals surface area contributed by atoms with Gasteiger partial charge in [0.15, 0.2) is 0 Å². The lowest BCUT2D eigenvalue weighted by Gasteiger charge is -2.34. The van der Waals surface area contributed by atoms with Crippen LogP contribution in [0.3, 0.4) is 0 Å². The highest BCUT2D eigenvalue weighted by atomic mass is 16.6. The smallest absolute Gasteiger partial charge is 0.306 e. The standard InChI is InChI=1S/C18H32O4/c1-5-6-7-17(19)21-15-10-9-14(4)12-16(15)22-18(20)11-8-13(2)3/h13-16H,5-12H2,1-4H3. The van der Waals surface area contributed by atoms with E-state index in [0.29, 0.717) is 24.7 Å². The average molecular weight is 312 g/mol. The molecular formula is C18H32O4. The van der Waals surface area contributed by atoms with Gasteiger partial charge in [-0.1, -0.05) is 34.1 Å². The molecule has 128 valence electrons. The van der Waals surface area contributed by atoms with E-state index in [-0.39, 0.29) is 24.1 Å². The van der Waals surface area contributed by atoms with Crippen molar-refractivity contribution >= 4 is 11.9 Å². The Labute approximate surface area is 134 Å². The normalized spacial score (nSPS) is 25.0. The van der Waals surface area contributed by atoms with Crippen molar-refractivity contribution in [2.75, 3.05) is 0 Å². The predicted molar refractivity (Wildman–Crippen MR) is 86.4 cm³/mol. The fraction of sp³-hybridized carbons (Fsp3) is 0.889. The summed E-state index contributed by atoms with van der Waals surface area (Å²) in [6, 6.07) is 0. The lowest BCUT2D eigenvalue weighted by Crippen LogP contribution is -2.40. The molecule has 1 saturated carbocycles. The fourth-order valence-corrected chi connectivity index (χ4v) is 2.74. The van der Waals surface area contributed by atoms with E-state index in [0.717, 1.165) is 38.5 Å². The summed E-state index contributed by atoms with van der Waals surface area (Å²) in [7, 11) is 0. The highest BCUT2D eigenvalue weighted by Gasteiger charge is 2.34. The molecule has 0 spiro atoms. The van der Waals surface area contributed by atoms with Gasteiger partial charge in [0.25, 0.3) is 0 Å². The van der Waals surface area contributed by atoms with Crippen LogP contribution in [-0.2, 0) is 19.1 Å². The van der Waals surface area contributed by atoms with Crippen LogP contribution in [0.2, 0.25) is 0 Å². The first kappa shape index (κ1) is 19.0. The van der Waals surface area contributed by atoms with Crippen molar-refractivity contribution < 1.29 is 19.1 Å². The SMILES string of the molecule is CCCCC(=O)OC1CCC(C)CC1OC(=O)CCC(C)C. The molecule has 0 aromatic rings. The van der Waals surface area contributed by atoms with Gasteiger partial charge in [-0.05, 0) is 43.9 Å². The second-order valence-electron chi connectivity index (χ2n) is 7.01. The lowest BCUT2D eigenvalue weighted by molar-refractivity contribution is -0.173. The van der Waals surface area contributed by atoms with Crippen molar-refractivity contribution in [3.63, 3.8) is 0 Å². The number of ether oxygens (including phenoxy) is 2. The number of esters is 2. The van der Waals surface area contributed by atoms with E-state index in [1.165, 1.54) is 0 Å². The first-order chi connectivity index (χ1) is 10.4. The van der Waals surface area contributed by atoms with Crippen LogP contribution in [0.25, 0.3) is 0 Å². The average Bonchev–Trinajstić information content (AvgIpc) is 2.46. The van der Waals surface area contributed by atoms with Crippen LogP contribution in [0, 0.1) is 11.8 Å². The van der Waals surface area contributed by atoms with Gasteiger partial charge in [-0.25, -0.2) is 0 Å². The maximum absolute atomic E-state index is 12.0. The molecular weight excluding hydrogens is 280 g/mol. The van der Waals surface area contributed by atoms with Gasteiger partial charge in [0.05, 0.1) is 0 Å². The molecule has 0 aliphatic heterocycles. The van der Waals surface area contributed by atoms with Crippen molar-refractivity contribution in [3.8, 4) is 0 Å². The van der Waals surface area contributed by atoms with Gasteiger partial charge in [0.2, 0.25) is 0 Å². The summed E-state index contributed by atoms with van der Waals surface area (Å²) < 4.78 is 11.2. The zero-order valence-corrected chi connectivity index (χ0v) is 14.6. The predicted octanol–water partition coefficient (Wildman–Crippen LogP) is 4.26. The molecule has 3 atom stereocenters. The molecule has 1 fully saturated rings.